The smallest absolute Gasteiger partial charge is 0.0658 e. The Bertz CT molecular complexity index is 1270. The second kappa shape index (κ2) is 7.21. The standard InChI is InChI=1S/C25H22N2S2/c1-17-8-9-18(19-10-12-26(2)24(19)22-6-4-14-28-22)16-21(17)20-11-13-27(3)25(20)23-7-5-15-29-23/h4-16H,1-3H3. The zero-order valence-corrected chi connectivity index (χ0v) is 18.3. The van der Waals surface area contributed by atoms with Gasteiger partial charge in [-0.3, -0.25) is 0 Å². The molecule has 4 heterocycles. The van der Waals surface area contributed by atoms with Crippen molar-refractivity contribution in [3.63, 3.8) is 0 Å². The summed E-state index contributed by atoms with van der Waals surface area (Å²) in [4.78, 5) is 2.60. The average molecular weight is 415 g/mol. The second-order valence-corrected chi connectivity index (χ2v) is 9.26. The summed E-state index contributed by atoms with van der Waals surface area (Å²) >= 11 is 3.58. The van der Waals surface area contributed by atoms with Gasteiger partial charge in [0.25, 0.3) is 0 Å². The van der Waals surface area contributed by atoms with Gasteiger partial charge in [0, 0.05) is 37.6 Å². The molecule has 4 aromatic heterocycles. The molecule has 0 radical (unpaired) electrons. The molecule has 0 N–H and O–H groups in total. The SMILES string of the molecule is Cc1ccc(-c2ccn(C)c2-c2cccs2)cc1-c1ccn(C)c1-c1cccs1. The van der Waals surface area contributed by atoms with E-state index in [1.165, 1.54) is 49.0 Å². The third-order valence-electron chi connectivity index (χ3n) is 5.49. The van der Waals surface area contributed by atoms with E-state index in [1.807, 2.05) is 0 Å². The lowest BCUT2D eigenvalue weighted by Crippen LogP contribution is -1.92. The first-order valence-corrected chi connectivity index (χ1v) is 11.4. The fraction of sp³-hybridized carbons (Fsp3) is 0.120. The topological polar surface area (TPSA) is 9.86 Å². The summed E-state index contributed by atoms with van der Waals surface area (Å²) in [6.45, 7) is 2.20. The fourth-order valence-electron chi connectivity index (χ4n) is 4.03. The van der Waals surface area contributed by atoms with E-state index in [0.717, 1.165) is 0 Å². The van der Waals surface area contributed by atoms with Crippen LogP contribution in [0.3, 0.4) is 0 Å². The van der Waals surface area contributed by atoms with E-state index in [1.54, 1.807) is 22.7 Å². The molecule has 0 fully saturated rings. The minimum absolute atomic E-state index is 1.26. The number of aryl methyl sites for hydroxylation is 3. The summed E-state index contributed by atoms with van der Waals surface area (Å²) in [5, 5.41) is 4.29. The molecule has 2 nitrogen and oxygen atoms in total. The van der Waals surface area contributed by atoms with E-state index in [-0.39, 0.29) is 0 Å². The van der Waals surface area contributed by atoms with Gasteiger partial charge < -0.3 is 9.13 Å². The van der Waals surface area contributed by atoms with Gasteiger partial charge >= 0.3 is 0 Å². The van der Waals surface area contributed by atoms with Crippen molar-refractivity contribution in [2.45, 2.75) is 6.92 Å². The highest BCUT2D eigenvalue weighted by Crippen LogP contribution is 2.40. The van der Waals surface area contributed by atoms with Gasteiger partial charge in [0.15, 0.2) is 0 Å². The molecule has 0 aliphatic carbocycles. The van der Waals surface area contributed by atoms with Gasteiger partial charge in [-0.05, 0) is 64.7 Å². The van der Waals surface area contributed by atoms with Crippen LogP contribution in [-0.2, 0) is 14.1 Å². The lowest BCUT2D eigenvalue weighted by Gasteiger charge is -2.12. The number of aromatic nitrogens is 2. The van der Waals surface area contributed by atoms with Crippen molar-refractivity contribution >= 4 is 22.7 Å². The van der Waals surface area contributed by atoms with Crippen LogP contribution in [0.5, 0.6) is 0 Å². The van der Waals surface area contributed by atoms with Crippen LogP contribution in [0.15, 0.2) is 77.8 Å². The highest BCUT2D eigenvalue weighted by atomic mass is 32.1. The molecule has 0 atom stereocenters. The number of hydrogen-bond donors (Lipinski definition) is 0. The molecule has 0 spiro atoms. The van der Waals surface area contributed by atoms with Crippen molar-refractivity contribution in [3.8, 4) is 43.4 Å². The Kier molecular flexibility index (Phi) is 4.53. The van der Waals surface area contributed by atoms with Crippen LogP contribution in [-0.4, -0.2) is 9.13 Å². The van der Waals surface area contributed by atoms with Gasteiger partial charge in [-0.2, -0.15) is 0 Å². The summed E-state index contributed by atoms with van der Waals surface area (Å²) in [5.41, 5.74) is 9.00. The molecule has 144 valence electrons. The molecule has 5 rings (SSSR count). The predicted octanol–water partition coefficient (Wildman–Crippen LogP) is 7.46. The Hall–Kier alpha value is -2.82. The maximum absolute atomic E-state index is 2.36. The van der Waals surface area contributed by atoms with Crippen LogP contribution in [0.4, 0.5) is 0 Å². The molecule has 0 aliphatic heterocycles. The molecular weight excluding hydrogens is 392 g/mol. The Morgan fingerprint density at radius 3 is 1.83 bits per heavy atom. The van der Waals surface area contributed by atoms with Gasteiger partial charge in [0.2, 0.25) is 0 Å². The molecule has 1 aromatic carbocycles. The first-order valence-electron chi connectivity index (χ1n) is 9.63. The van der Waals surface area contributed by atoms with Crippen LogP contribution in [0.1, 0.15) is 5.56 Å². The third kappa shape index (κ3) is 3.09. The second-order valence-electron chi connectivity index (χ2n) is 7.36. The Morgan fingerprint density at radius 2 is 1.24 bits per heavy atom. The number of rotatable bonds is 4. The van der Waals surface area contributed by atoms with E-state index in [0.29, 0.717) is 0 Å². The van der Waals surface area contributed by atoms with Gasteiger partial charge in [-0.25, -0.2) is 0 Å². The van der Waals surface area contributed by atoms with Gasteiger partial charge in [-0.15, -0.1) is 22.7 Å². The fourth-order valence-corrected chi connectivity index (χ4v) is 5.68. The largest absolute Gasteiger partial charge is 0.349 e. The van der Waals surface area contributed by atoms with E-state index < -0.39 is 0 Å². The summed E-state index contributed by atoms with van der Waals surface area (Å²) < 4.78 is 4.45. The number of thiophene rings is 2. The number of nitrogens with zero attached hydrogens (tertiary/aromatic N) is 2. The van der Waals surface area contributed by atoms with E-state index >= 15 is 0 Å². The van der Waals surface area contributed by atoms with Crippen LogP contribution in [0.25, 0.3) is 43.4 Å². The van der Waals surface area contributed by atoms with Crippen LogP contribution in [0.2, 0.25) is 0 Å². The van der Waals surface area contributed by atoms with Crippen LogP contribution < -0.4 is 0 Å². The first kappa shape index (κ1) is 18.2. The maximum Gasteiger partial charge on any atom is 0.0658 e. The monoisotopic (exact) mass is 414 g/mol. The zero-order chi connectivity index (χ0) is 20.0. The lowest BCUT2D eigenvalue weighted by atomic mass is 9.94. The normalized spacial score (nSPS) is 11.3. The molecule has 0 saturated carbocycles. The highest BCUT2D eigenvalue weighted by molar-refractivity contribution is 7.13. The summed E-state index contributed by atoms with van der Waals surface area (Å²) in [7, 11) is 4.25. The molecule has 0 saturated heterocycles. The Morgan fingerprint density at radius 1 is 0.655 bits per heavy atom. The molecular formula is C25H22N2S2. The van der Waals surface area contributed by atoms with Crippen molar-refractivity contribution in [1.82, 2.24) is 9.13 Å². The van der Waals surface area contributed by atoms with Crippen LogP contribution >= 0.6 is 22.7 Å². The molecule has 4 heteroatoms. The molecule has 5 aromatic rings. The average Bonchev–Trinajstić information content (AvgIpc) is 3.49. The lowest BCUT2D eigenvalue weighted by molar-refractivity contribution is 0.940. The highest BCUT2D eigenvalue weighted by Gasteiger charge is 2.17. The van der Waals surface area contributed by atoms with Crippen molar-refractivity contribution in [2.24, 2.45) is 14.1 Å². The molecule has 0 amide bonds. The Labute approximate surface area is 179 Å². The quantitative estimate of drug-likeness (QED) is 0.289. The summed E-state index contributed by atoms with van der Waals surface area (Å²) in [5.74, 6) is 0. The molecule has 0 aliphatic rings. The maximum atomic E-state index is 2.36. The van der Waals surface area contributed by atoms with Gasteiger partial charge in [-0.1, -0.05) is 24.3 Å². The number of benzene rings is 1. The summed E-state index contributed by atoms with van der Waals surface area (Å²) in [6, 6.07) is 20.0. The van der Waals surface area contributed by atoms with Crippen molar-refractivity contribution < 1.29 is 0 Å². The minimum Gasteiger partial charge on any atom is -0.349 e. The number of hydrogen-bond acceptors (Lipinski definition) is 2. The zero-order valence-electron chi connectivity index (χ0n) is 16.7. The Balaban J connectivity index is 1.68. The third-order valence-corrected chi connectivity index (χ3v) is 7.25. The summed E-state index contributed by atoms with van der Waals surface area (Å²) in [6.07, 6.45) is 4.32. The first-order chi connectivity index (χ1) is 14.1. The van der Waals surface area contributed by atoms with Gasteiger partial charge in [0.05, 0.1) is 21.1 Å². The molecule has 0 unspecified atom stereocenters. The molecule has 29 heavy (non-hydrogen) atoms. The van der Waals surface area contributed by atoms with Crippen molar-refractivity contribution in [2.75, 3.05) is 0 Å². The van der Waals surface area contributed by atoms with Crippen LogP contribution in [0, 0.1) is 6.92 Å². The molecule has 0 bridgehead atoms. The van der Waals surface area contributed by atoms with Crippen molar-refractivity contribution in [3.05, 3.63) is 83.3 Å². The van der Waals surface area contributed by atoms with E-state index in [9.17, 15) is 0 Å². The van der Waals surface area contributed by atoms with Crippen molar-refractivity contribution in [1.29, 1.82) is 0 Å². The predicted molar refractivity (Wildman–Crippen MR) is 127 cm³/mol. The minimum atomic E-state index is 1.26. The van der Waals surface area contributed by atoms with E-state index in [2.05, 4.69) is 108 Å². The van der Waals surface area contributed by atoms with Gasteiger partial charge in [0.1, 0.15) is 0 Å². The van der Waals surface area contributed by atoms with E-state index in [4.69, 9.17) is 0 Å².